The lowest BCUT2D eigenvalue weighted by molar-refractivity contribution is -0.152. The van der Waals surface area contributed by atoms with Crippen LogP contribution in [0.1, 0.15) is 174 Å². The molecule has 0 radical (unpaired) electrons. The van der Waals surface area contributed by atoms with Crippen LogP contribution in [0, 0.1) is 5.92 Å². The van der Waals surface area contributed by atoms with Gasteiger partial charge in [0.1, 0.15) is 6.61 Å². The number of hydrogen-bond acceptors (Lipinski definition) is 3. The molecule has 0 spiro atoms. The Hall–Kier alpha value is -1.58. The van der Waals surface area contributed by atoms with Crippen LogP contribution in [-0.2, 0) is 14.3 Å². The molecule has 0 amide bonds. The summed E-state index contributed by atoms with van der Waals surface area (Å²) in [5.41, 5.74) is 0. The van der Waals surface area contributed by atoms with Gasteiger partial charge >= 0.3 is 11.9 Å². The topological polar surface area (TPSA) is 63.6 Å². The van der Waals surface area contributed by atoms with Crippen molar-refractivity contribution in [1.82, 2.24) is 0 Å². The van der Waals surface area contributed by atoms with Crippen molar-refractivity contribution in [3.8, 4) is 0 Å². The van der Waals surface area contributed by atoms with Crippen LogP contribution in [0.2, 0.25) is 0 Å². The number of carboxylic acid groups (broad SMARTS) is 1. The average molecular weight is 549 g/mol. The van der Waals surface area contributed by atoms with Crippen LogP contribution in [0.3, 0.4) is 0 Å². The smallest absolute Gasteiger partial charge is 0.309 e. The maximum atomic E-state index is 12.0. The Kier molecular flexibility index (Phi) is 29.7. The Labute approximate surface area is 242 Å². The minimum atomic E-state index is -0.946. The molecule has 1 atom stereocenters. The predicted octanol–water partition coefficient (Wildman–Crippen LogP) is 11.1. The molecule has 0 heterocycles. The molecule has 4 heteroatoms. The molecule has 4 nitrogen and oxygen atoms in total. The third kappa shape index (κ3) is 29.2. The fraction of sp³-hybridized carbons (Fsp3) is 0.829. The van der Waals surface area contributed by atoms with Gasteiger partial charge in [0.2, 0.25) is 0 Å². The van der Waals surface area contributed by atoms with Gasteiger partial charge in [-0.3, -0.25) is 9.59 Å². The van der Waals surface area contributed by atoms with Crippen molar-refractivity contribution in [2.75, 3.05) is 6.61 Å². The Bertz CT molecular complexity index is 583. The van der Waals surface area contributed by atoms with Gasteiger partial charge in [-0.05, 0) is 32.1 Å². The van der Waals surface area contributed by atoms with E-state index in [-0.39, 0.29) is 13.0 Å². The third-order valence-electron chi connectivity index (χ3n) is 7.66. The second kappa shape index (κ2) is 31.0. The minimum absolute atomic E-state index is 0.142. The van der Waals surface area contributed by atoms with E-state index < -0.39 is 17.9 Å². The van der Waals surface area contributed by atoms with Crippen molar-refractivity contribution in [3.63, 3.8) is 0 Å². The molecule has 0 saturated carbocycles. The summed E-state index contributed by atoms with van der Waals surface area (Å²) in [6.07, 6.45) is 38.6. The third-order valence-corrected chi connectivity index (χ3v) is 7.66. The van der Waals surface area contributed by atoms with Gasteiger partial charge in [-0.2, -0.15) is 0 Å². The van der Waals surface area contributed by atoms with Crippen LogP contribution in [0.4, 0.5) is 0 Å². The maximum Gasteiger partial charge on any atom is 0.309 e. The molecule has 0 bridgehead atoms. The summed E-state index contributed by atoms with van der Waals surface area (Å²) in [7, 11) is 0. The van der Waals surface area contributed by atoms with Crippen molar-refractivity contribution in [3.05, 3.63) is 24.8 Å². The highest BCUT2D eigenvalue weighted by atomic mass is 16.5. The molecular formula is C35H64O4. The molecule has 39 heavy (non-hydrogen) atoms. The Balaban J connectivity index is 3.38. The van der Waals surface area contributed by atoms with Gasteiger partial charge in [0.15, 0.2) is 0 Å². The Morgan fingerprint density at radius 2 is 1.03 bits per heavy atom. The van der Waals surface area contributed by atoms with Crippen molar-refractivity contribution in [2.45, 2.75) is 174 Å². The zero-order valence-electron chi connectivity index (χ0n) is 25.8. The molecule has 1 unspecified atom stereocenters. The van der Waals surface area contributed by atoms with Crippen LogP contribution in [0.15, 0.2) is 24.8 Å². The largest absolute Gasteiger partial charge is 0.481 e. The summed E-state index contributed by atoms with van der Waals surface area (Å²) in [4.78, 5) is 23.0. The Morgan fingerprint density at radius 3 is 1.41 bits per heavy atom. The summed E-state index contributed by atoms with van der Waals surface area (Å²) in [6, 6.07) is 0. The SMILES string of the molecule is C=CCOC(=O)C(CCCCCCCC/C=C/CCCCCCCCCCCCCCCCCC)CC(=O)O. The number of carbonyl (C=O) groups excluding carboxylic acids is 1. The zero-order valence-corrected chi connectivity index (χ0v) is 25.8. The number of ether oxygens (including phenoxy) is 1. The minimum Gasteiger partial charge on any atom is -0.481 e. The van der Waals surface area contributed by atoms with E-state index in [0.717, 1.165) is 19.3 Å². The van der Waals surface area contributed by atoms with E-state index in [1.54, 1.807) is 0 Å². The Morgan fingerprint density at radius 1 is 0.641 bits per heavy atom. The summed E-state index contributed by atoms with van der Waals surface area (Å²) in [6.45, 7) is 5.95. The van der Waals surface area contributed by atoms with Crippen LogP contribution in [0.5, 0.6) is 0 Å². The predicted molar refractivity (Wildman–Crippen MR) is 167 cm³/mol. The molecule has 0 aromatic heterocycles. The van der Waals surface area contributed by atoms with Gasteiger partial charge in [-0.25, -0.2) is 0 Å². The van der Waals surface area contributed by atoms with Crippen molar-refractivity contribution in [2.24, 2.45) is 5.92 Å². The fourth-order valence-electron chi connectivity index (χ4n) is 5.18. The number of hydrogen-bond donors (Lipinski definition) is 1. The summed E-state index contributed by atoms with van der Waals surface area (Å²) in [5.74, 6) is -1.90. The van der Waals surface area contributed by atoms with E-state index in [1.165, 1.54) is 141 Å². The molecule has 0 aliphatic rings. The number of aliphatic carboxylic acids is 1. The molecule has 0 aromatic rings. The average Bonchev–Trinajstić information content (AvgIpc) is 2.92. The first kappa shape index (κ1) is 37.4. The quantitative estimate of drug-likeness (QED) is 0.0531. The van der Waals surface area contributed by atoms with E-state index in [1.807, 2.05) is 0 Å². The van der Waals surface area contributed by atoms with Gasteiger partial charge in [0.25, 0.3) is 0 Å². The number of rotatable bonds is 31. The lowest BCUT2D eigenvalue weighted by Gasteiger charge is -2.13. The first-order valence-corrected chi connectivity index (χ1v) is 16.8. The second-order valence-electron chi connectivity index (χ2n) is 11.5. The van der Waals surface area contributed by atoms with Crippen molar-refractivity contribution in [1.29, 1.82) is 0 Å². The highest BCUT2D eigenvalue weighted by molar-refractivity contribution is 5.79. The highest BCUT2D eigenvalue weighted by Gasteiger charge is 2.22. The van der Waals surface area contributed by atoms with Crippen molar-refractivity contribution >= 4 is 11.9 Å². The maximum absolute atomic E-state index is 12.0. The number of unbranched alkanes of at least 4 members (excludes halogenated alkanes) is 22. The van der Waals surface area contributed by atoms with E-state index in [9.17, 15) is 9.59 Å². The molecule has 228 valence electrons. The van der Waals surface area contributed by atoms with E-state index >= 15 is 0 Å². The van der Waals surface area contributed by atoms with Gasteiger partial charge in [-0.1, -0.05) is 160 Å². The van der Waals surface area contributed by atoms with Crippen LogP contribution >= 0.6 is 0 Å². The fourth-order valence-corrected chi connectivity index (χ4v) is 5.18. The van der Waals surface area contributed by atoms with Gasteiger partial charge < -0.3 is 9.84 Å². The first-order chi connectivity index (χ1) is 19.1. The molecule has 0 aromatic carbocycles. The standard InChI is InChI=1S/C35H64O4/c1-3-5-6-7-8-9-10-11-12-13-14-15-16-17-18-19-20-21-22-23-24-25-26-27-28-29-30-33(32-34(36)37)35(38)39-31-4-2/h4,21-22,33H,2-3,5-20,23-32H2,1H3,(H,36,37)/b22-21+. The molecule has 0 aliphatic carbocycles. The van der Waals surface area contributed by atoms with E-state index in [0.29, 0.717) is 6.42 Å². The van der Waals surface area contributed by atoms with Crippen molar-refractivity contribution < 1.29 is 19.4 Å². The molecular weight excluding hydrogens is 484 g/mol. The monoisotopic (exact) mass is 548 g/mol. The van der Waals surface area contributed by atoms with E-state index in [2.05, 4.69) is 25.7 Å². The normalized spacial score (nSPS) is 12.1. The first-order valence-electron chi connectivity index (χ1n) is 16.8. The van der Waals surface area contributed by atoms with Crippen LogP contribution in [0.25, 0.3) is 0 Å². The van der Waals surface area contributed by atoms with Crippen LogP contribution < -0.4 is 0 Å². The highest BCUT2D eigenvalue weighted by Crippen LogP contribution is 2.18. The molecule has 1 N–H and O–H groups in total. The number of allylic oxidation sites excluding steroid dienone is 2. The van der Waals surface area contributed by atoms with E-state index in [4.69, 9.17) is 9.84 Å². The van der Waals surface area contributed by atoms with Crippen LogP contribution in [-0.4, -0.2) is 23.7 Å². The molecule has 0 aliphatic heterocycles. The lowest BCUT2D eigenvalue weighted by Crippen LogP contribution is -2.21. The number of carboxylic acids is 1. The second-order valence-corrected chi connectivity index (χ2v) is 11.5. The lowest BCUT2D eigenvalue weighted by atomic mass is 9.97. The molecule has 0 rings (SSSR count). The zero-order chi connectivity index (χ0) is 28.7. The summed E-state index contributed by atoms with van der Waals surface area (Å²) < 4.78 is 5.04. The van der Waals surface area contributed by atoms with Gasteiger partial charge in [0, 0.05) is 0 Å². The molecule has 0 saturated heterocycles. The number of esters is 1. The van der Waals surface area contributed by atoms with Gasteiger partial charge in [-0.15, -0.1) is 0 Å². The summed E-state index contributed by atoms with van der Waals surface area (Å²) >= 11 is 0. The molecule has 0 fully saturated rings. The number of carbonyl (C=O) groups is 2. The van der Waals surface area contributed by atoms with Gasteiger partial charge in [0.05, 0.1) is 12.3 Å². The summed E-state index contributed by atoms with van der Waals surface area (Å²) in [5, 5.41) is 9.02.